The number of nitrogens with zero attached hydrogens (tertiary/aromatic N) is 3. The second-order valence-electron chi connectivity index (χ2n) is 12.7. The van der Waals surface area contributed by atoms with Gasteiger partial charge in [0.05, 0.1) is 11.1 Å². The number of rotatable bonds is 3. The van der Waals surface area contributed by atoms with Crippen LogP contribution < -0.4 is 14.4 Å². The van der Waals surface area contributed by atoms with Gasteiger partial charge in [-0.05, 0) is 60.7 Å². The van der Waals surface area contributed by atoms with Gasteiger partial charge in [0.1, 0.15) is 29.2 Å². The van der Waals surface area contributed by atoms with Crippen molar-refractivity contribution in [3.63, 3.8) is 0 Å². The fourth-order valence-electron chi connectivity index (χ4n) is 8.22. The molecule has 3 aromatic heterocycles. The summed E-state index contributed by atoms with van der Waals surface area (Å²) in [7, 11) is 2.99. The monoisotopic (exact) mass is 617 g/mol. The Kier molecular flexibility index (Phi) is 6.37. The van der Waals surface area contributed by atoms with E-state index in [0.29, 0.717) is 0 Å². The highest BCUT2D eigenvalue weighted by Gasteiger charge is 2.47. The van der Waals surface area contributed by atoms with Gasteiger partial charge in [0.2, 0.25) is 11.4 Å². The second kappa shape index (κ2) is 10.6. The summed E-state index contributed by atoms with van der Waals surface area (Å²) in [6.45, 7) is 7.15. The lowest BCUT2D eigenvalue weighted by Crippen LogP contribution is -2.52. The van der Waals surface area contributed by atoms with Crippen molar-refractivity contribution in [2.24, 2.45) is 0 Å². The molecule has 2 aliphatic rings. The molecule has 0 radical (unpaired) electrons. The molecule has 9 rings (SSSR count). The van der Waals surface area contributed by atoms with Gasteiger partial charge in [0, 0.05) is 34.1 Å². The molecule has 2 aliphatic heterocycles. The highest BCUT2D eigenvalue weighted by Crippen LogP contribution is 2.47. The van der Waals surface area contributed by atoms with Crippen LogP contribution in [0.1, 0.15) is 48.4 Å². The third kappa shape index (κ3) is 3.96. The summed E-state index contributed by atoms with van der Waals surface area (Å²) in [5, 5.41) is 3.52. The molecule has 4 aromatic carbocycles. The fraction of sp³-hybridized carbons (Fsp3) is 0.171. The topological polar surface area (TPSA) is 25.8 Å². The smallest absolute Gasteiger partial charge is 0.295 e. The molecule has 3 unspecified atom stereocenters. The predicted molar refractivity (Wildman–Crippen MR) is 190 cm³/mol. The van der Waals surface area contributed by atoms with E-state index in [1.807, 2.05) is 6.07 Å². The van der Waals surface area contributed by atoms with Gasteiger partial charge in [-0.3, -0.25) is 0 Å². The molecule has 4 nitrogen and oxygen atoms in total. The maximum Gasteiger partial charge on any atom is 0.295 e. The number of benzene rings is 4. The zero-order valence-electron chi connectivity index (χ0n) is 26.0. The quantitative estimate of drug-likeness (QED) is 0.144. The summed E-state index contributed by atoms with van der Waals surface area (Å²) in [6.07, 6.45) is 10.8. The zero-order chi connectivity index (χ0) is 30.9. The first-order valence-electron chi connectivity index (χ1n) is 16.4. The molecule has 0 aliphatic carbocycles. The summed E-state index contributed by atoms with van der Waals surface area (Å²) < 4.78 is 13.9. The van der Waals surface area contributed by atoms with E-state index in [1.54, 1.807) is 0 Å². The van der Waals surface area contributed by atoms with Crippen molar-refractivity contribution < 1.29 is 13.6 Å². The molecule has 3 atom stereocenters. The van der Waals surface area contributed by atoms with E-state index in [-0.39, 0.29) is 12.0 Å². The predicted octanol–water partition coefficient (Wildman–Crippen LogP) is 8.49. The van der Waals surface area contributed by atoms with Gasteiger partial charge in [-0.1, -0.05) is 80.1 Å². The number of furan rings is 1. The molecular formula is C41H36N3OP+2. The normalized spacial score (nSPS) is 17.0. The van der Waals surface area contributed by atoms with Crippen molar-refractivity contribution in [2.45, 2.75) is 44.6 Å². The largest absolute Gasteiger partial charge is 0.455 e. The third-order valence-electron chi connectivity index (χ3n) is 10.2. The van der Waals surface area contributed by atoms with Crippen molar-refractivity contribution in [3.8, 4) is 28.3 Å². The fourth-order valence-corrected chi connectivity index (χ4v) is 8.65. The van der Waals surface area contributed by atoms with E-state index >= 15 is 0 Å². The number of allylic oxidation sites excluding steroid dienone is 1. The van der Waals surface area contributed by atoms with E-state index in [4.69, 9.17) is 11.0 Å². The second-order valence-corrected chi connectivity index (χ2v) is 13.3. The number of aryl methyl sites for hydroxylation is 2. The minimum Gasteiger partial charge on any atom is -0.455 e. The van der Waals surface area contributed by atoms with Gasteiger partial charge in [0.15, 0.2) is 12.2 Å². The Morgan fingerprint density at radius 2 is 1.74 bits per heavy atom. The van der Waals surface area contributed by atoms with Crippen LogP contribution in [0, 0.1) is 0 Å². The Hall–Kier alpha value is -4.79. The summed E-state index contributed by atoms with van der Waals surface area (Å²) in [6, 6.07) is 35.2. The molecule has 5 heterocycles. The number of aromatic nitrogens is 3. The maximum atomic E-state index is 6.65. The molecular weight excluding hydrogens is 581 g/mol. The average Bonchev–Trinajstić information content (AvgIpc) is 3.69. The van der Waals surface area contributed by atoms with Crippen LogP contribution in [0.3, 0.4) is 0 Å². The molecule has 0 fully saturated rings. The Bertz CT molecular complexity index is 2340. The number of hydrogen-bond acceptors (Lipinski definition) is 1. The lowest BCUT2D eigenvalue weighted by atomic mass is 9.79. The number of para-hydroxylation sites is 2. The molecule has 0 amide bonds. The van der Waals surface area contributed by atoms with E-state index in [0.717, 1.165) is 59.0 Å². The third-order valence-corrected chi connectivity index (χ3v) is 10.6. The standard InChI is InChI=1S/C41H36N3OP/c1-3-11-28-12-10-18-36(46)39(28)44-25-24-43-38-26(2)42-23-9-8-16-34(42)37-27(19-21-31(38)29-13-4-5-15-33(29)41(43)44)20-22-32-30-14-6-7-17-35(30)45-40(32)37/h4-10,12-18,20,22-25,31,38H,2-3,11,19,21,46H2,1H3/q+2. The lowest BCUT2D eigenvalue weighted by Gasteiger charge is -2.30. The van der Waals surface area contributed by atoms with Crippen LogP contribution in [0.25, 0.3) is 56.0 Å². The van der Waals surface area contributed by atoms with E-state index in [1.165, 1.54) is 44.6 Å². The van der Waals surface area contributed by atoms with Crippen LogP contribution in [0.4, 0.5) is 0 Å². The number of pyridine rings is 1. The summed E-state index contributed by atoms with van der Waals surface area (Å²) in [5.74, 6) is 1.45. The van der Waals surface area contributed by atoms with Crippen LogP contribution >= 0.6 is 9.24 Å². The molecule has 0 saturated carbocycles. The van der Waals surface area contributed by atoms with Gasteiger partial charge in [-0.2, -0.15) is 9.13 Å². The lowest BCUT2D eigenvalue weighted by molar-refractivity contribution is -0.726. The van der Waals surface area contributed by atoms with Gasteiger partial charge < -0.3 is 4.42 Å². The highest BCUT2D eigenvalue weighted by molar-refractivity contribution is 7.27. The van der Waals surface area contributed by atoms with Crippen LogP contribution in [0.2, 0.25) is 0 Å². The molecule has 0 spiro atoms. The highest BCUT2D eigenvalue weighted by atomic mass is 31.0. The molecule has 46 heavy (non-hydrogen) atoms. The summed E-state index contributed by atoms with van der Waals surface area (Å²) in [5.41, 5.74) is 11.9. The first-order valence-corrected chi connectivity index (χ1v) is 16.9. The molecule has 0 N–H and O–H groups in total. The molecule has 7 aromatic rings. The average molecular weight is 618 g/mol. The zero-order valence-corrected chi connectivity index (χ0v) is 27.1. The van der Waals surface area contributed by atoms with Crippen molar-refractivity contribution in [1.82, 2.24) is 4.57 Å². The number of fused-ring (bicyclic) bond motifs is 13. The van der Waals surface area contributed by atoms with Crippen LogP contribution in [-0.2, 0) is 12.8 Å². The minimum absolute atomic E-state index is 0.0315. The SMILES string of the molecule is C=C1C2C(CCc3ccc4c(oc5ccccc54)c3-c3cccc[n+]31)c1ccccc1-c1n(-c3c(P)cccc3CCC)cc[n+]12. The van der Waals surface area contributed by atoms with Crippen molar-refractivity contribution in [1.29, 1.82) is 0 Å². The van der Waals surface area contributed by atoms with E-state index in [2.05, 4.69) is 139 Å². The van der Waals surface area contributed by atoms with E-state index < -0.39 is 0 Å². The summed E-state index contributed by atoms with van der Waals surface area (Å²) in [4.78, 5) is 0. The number of imidazole rings is 1. The molecule has 5 heteroatoms. The van der Waals surface area contributed by atoms with Crippen molar-refractivity contribution >= 4 is 42.2 Å². The first-order chi connectivity index (χ1) is 22.6. The maximum absolute atomic E-state index is 6.65. The summed E-state index contributed by atoms with van der Waals surface area (Å²) >= 11 is 0. The van der Waals surface area contributed by atoms with Crippen LogP contribution in [-0.4, -0.2) is 4.57 Å². The minimum atomic E-state index is 0.0315. The van der Waals surface area contributed by atoms with Gasteiger partial charge >= 0.3 is 0 Å². The molecule has 0 saturated heterocycles. The van der Waals surface area contributed by atoms with Gasteiger partial charge in [-0.25, -0.2) is 4.57 Å². The molecule has 224 valence electrons. The Morgan fingerprint density at radius 1 is 0.891 bits per heavy atom. The molecule has 0 bridgehead atoms. The van der Waals surface area contributed by atoms with Gasteiger partial charge in [-0.15, -0.1) is 9.24 Å². The Balaban J connectivity index is 1.30. The van der Waals surface area contributed by atoms with Gasteiger partial charge in [0.25, 0.3) is 5.82 Å². The Labute approximate surface area is 271 Å². The van der Waals surface area contributed by atoms with Crippen molar-refractivity contribution in [3.05, 3.63) is 139 Å². The number of hydrogen-bond donors (Lipinski definition) is 0. The first kappa shape index (κ1) is 27.5. The van der Waals surface area contributed by atoms with Crippen LogP contribution in [0.5, 0.6) is 0 Å². The van der Waals surface area contributed by atoms with Crippen molar-refractivity contribution in [2.75, 3.05) is 0 Å². The van der Waals surface area contributed by atoms with Crippen LogP contribution in [0.15, 0.2) is 127 Å². The van der Waals surface area contributed by atoms with E-state index in [9.17, 15) is 0 Å². The Morgan fingerprint density at radius 3 is 2.65 bits per heavy atom.